The molecule has 1 aliphatic carbocycles. The molecular formula is C74H70BN3. The molecule has 3 nitrogen and oxygen atoms in total. The monoisotopic (exact) mass is 1010 g/mol. The van der Waals surface area contributed by atoms with E-state index in [0.29, 0.717) is 0 Å². The molecular weight excluding hydrogens is 942 g/mol. The first kappa shape index (κ1) is 49.5. The fourth-order valence-corrected chi connectivity index (χ4v) is 13.1. The van der Waals surface area contributed by atoms with Crippen molar-refractivity contribution >= 4 is 74.0 Å². The third kappa shape index (κ3) is 7.93. The van der Waals surface area contributed by atoms with E-state index in [1.165, 1.54) is 111 Å². The number of anilines is 8. The summed E-state index contributed by atoms with van der Waals surface area (Å²) in [6.07, 6.45) is 0. The summed E-state index contributed by atoms with van der Waals surface area (Å²) in [5, 5.41) is 2.47. The maximum Gasteiger partial charge on any atom is 0.333 e. The standard InChI is InChI=1S/C74H70BN3/c1-47-42-53(73(8,9)10)31-41-66(47)77-67-46-56(76(54-32-27-51(28-33-54)71(2,3)4)55-34-29-52(30-35-55)72(5,6)7)37-40-65(67)75-69-62(43-50(44-68(69)77)48-20-14-13-15-21-48)61-38-26-49-22-16-17-23-58(49)70(61)78(75)57-36-39-60-59-24-18-19-25-63(59)74(11,12)64(60)45-57/h13-46H,1-12H3. The molecule has 0 amide bonds. The maximum atomic E-state index is 2.73. The SMILES string of the molecule is Cc1cc(C(C)(C)C)ccc1N1c2cc(N(c3ccc(C(C)(C)C)cc3)c3ccc(C(C)(C)C)cc3)ccc2B2c3c(cc(-c4ccccc4)cc31)-c1ccc3ccccc3c1N2c1ccc2c(c1)C(C)(C)c1ccccc1-2. The maximum absolute atomic E-state index is 2.73. The van der Waals surface area contributed by atoms with Crippen molar-refractivity contribution in [2.45, 2.75) is 105 Å². The molecule has 384 valence electrons. The first-order valence-electron chi connectivity index (χ1n) is 28.1. The second-order valence-corrected chi connectivity index (χ2v) is 25.9. The van der Waals surface area contributed by atoms with E-state index in [-0.39, 0.29) is 28.5 Å². The average Bonchev–Trinajstić information content (AvgIpc) is 3.76. The van der Waals surface area contributed by atoms with Crippen LogP contribution in [-0.4, -0.2) is 6.85 Å². The summed E-state index contributed by atoms with van der Waals surface area (Å²) < 4.78 is 0. The van der Waals surface area contributed by atoms with Crippen molar-refractivity contribution in [2.24, 2.45) is 0 Å². The highest BCUT2D eigenvalue weighted by Gasteiger charge is 2.47. The predicted octanol–water partition coefficient (Wildman–Crippen LogP) is 19.2. The van der Waals surface area contributed by atoms with Crippen LogP contribution in [0.3, 0.4) is 0 Å². The molecule has 78 heavy (non-hydrogen) atoms. The Balaban J connectivity index is 1.13. The summed E-state index contributed by atoms with van der Waals surface area (Å²) >= 11 is 0. The molecule has 3 aliphatic rings. The van der Waals surface area contributed by atoms with Gasteiger partial charge in [-0.15, -0.1) is 0 Å². The van der Waals surface area contributed by atoms with Gasteiger partial charge in [0.05, 0.1) is 0 Å². The van der Waals surface area contributed by atoms with E-state index < -0.39 is 0 Å². The highest BCUT2D eigenvalue weighted by molar-refractivity contribution is 6.94. The predicted molar refractivity (Wildman–Crippen MR) is 336 cm³/mol. The van der Waals surface area contributed by atoms with Gasteiger partial charge in [0.25, 0.3) is 0 Å². The molecule has 0 saturated carbocycles. The van der Waals surface area contributed by atoms with Gasteiger partial charge in [0, 0.05) is 61.9 Å². The highest BCUT2D eigenvalue weighted by Crippen LogP contribution is 2.54. The largest absolute Gasteiger partial charge is 0.376 e. The Hall–Kier alpha value is -8.08. The Labute approximate surface area is 464 Å². The van der Waals surface area contributed by atoms with E-state index in [4.69, 9.17) is 0 Å². The molecule has 13 rings (SSSR count). The van der Waals surface area contributed by atoms with Gasteiger partial charge < -0.3 is 14.6 Å². The van der Waals surface area contributed by atoms with E-state index in [0.717, 1.165) is 22.7 Å². The van der Waals surface area contributed by atoms with E-state index in [1.54, 1.807) is 0 Å². The molecule has 0 bridgehead atoms. The molecule has 0 unspecified atom stereocenters. The Kier molecular flexibility index (Phi) is 11.3. The van der Waals surface area contributed by atoms with Crippen molar-refractivity contribution in [3.05, 3.63) is 240 Å². The number of nitrogens with zero attached hydrogens (tertiary/aromatic N) is 3. The van der Waals surface area contributed by atoms with E-state index in [9.17, 15) is 0 Å². The Morgan fingerprint density at radius 3 is 1.68 bits per heavy atom. The van der Waals surface area contributed by atoms with Gasteiger partial charge in [0.1, 0.15) is 0 Å². The summed E-state index contributed by atoms with van der Waals surface area (Å²) in [6.45, 7) is 27.7. The summed E-state index contributed by atoms with van der Waals surface area (Å²) in [6, 6.07) is 79.2. The smallest absolute Gasteiger partial charge is 0.333 e. The zero-order chi connectivity index (χ0) is 54.2. The molecule has 0 fully saturated rings. The molecule has 10 aromatic carbocycles. The van der Waals surface area contributed by atoms with Gasteiger partial charge in [-0.1, -0.05) is 216 Å². The van der Waals surface area contributed by atoms with Crippen LogP contribution in [0.15, 0.2) is 206 Å². The Morgan fingerprint density at radius 2 is 1.01 bits per heavy atom. The molecule has 0 aromatic heterocycles. The van der Waals surface area contributed by atoms with E-state index in [1.807, 2.05) is 0 Å². The van der Waals surface area contributed by atoms with Crippen molar-refractivity contribution < 1.29 is 0 Å². The molecule has 4 heteroatoms. The van der Waals surface area contributed by atoms with Crippen LogP contribution in [0, 0.1) is 6.92 Å². The molecule has 2 aliphatic heterocycles. The quantitative estimate of drug-likeness (QED) is 0.154. The molecule has 0 spiro atoms. The van der Waals surface area contributed by atoms with Gasteiger partial charge in [-0.25, -0.2) is 0 Å². The summed E-state index contributed by atoms with van der Waals surface area (Å²) in [5.41, 5.74) is 27.2. The number of fused-ring (bicyclic) bond motifs is 9. The van der Waals surface area contributed by atoms with Crippen LogP contribution in [0.4, 0.5) is 45.5 Å². The van der Waals surface area contributed by atoms with Gasteiger partial charge in [0.2, 0.25) is 0 Å². The minimum absolute atomic E-state index is 0.0158. The molecule has 0 saturated heterocycles. The first-order chi connectivity index (χ1) is 37.3. The van der Waals surface area contributed by atoms with E-state index in [2.05, 4.69) is 304 Å². The molecule has 0 atom stereocenters. The molecule has 0 radical (unpaired) electrons. The lowest BCUT2D eigenvalue weighted by Crippen LogP contribution is -2.61. The number of aryl methyl sites for hydroxylation is 1. The van der Waals surface area contributed by atoms with Crippen LogP contribution in [0.5, 0.6) is 0 Å². The van der Waals surface area contributed by atoms with Crippen LogP contribution < -0.4 is 25.5 Å². The number of rotatable bonds is 6. The molecule has 10 aromatic rings. The van der Waals surface area contributed by atoms with Crippen LogP contribution >= 0.6 is 0 Å². The lowest BCUT2D eigenvalue weighted by Gasteiger charge is -2.47. The van der Waals surface area contributed by atoms with Crippen LogP contribution in [0.2, 0.25) is 0 Å². The fourth-order valence-electron chi connectivity index (χ4n) is 13.1. The normalized spacial score (nSPS) is 14.2. The van der Waals surface area contributed by atoms with Crippen molar-refractivity contribution in [3.8, 4) is 33.4 Å². The zero-order valence-corrected chi connectivity index (χ0v) is 47.5. The van der Waals surface area contributed by atoms with Crippen LogP contribution in [0.25, 0.3) is 44.2 Å². The number of hydrogen-bond donors (Lipinski definition) is 0. The fraction of sp³-hybridized carbons (Fsp3) is 0.216. The van der Waals surface area contributed by atoms with Gasteiger partial charge in [0.15, 0.2) is 0 Å². The van der Waals surface area contributed by atoms with Crippen molar-refractivity contribution in [1.82, 2.24) is 0 Å². The van der Waals surface area contributed by atoms with Crippen LogP contribution in [0.1, 0.15) is 110 Å². The van der Waals surface area contributed by atoms with Crippen molar-refractivity contribution in [3.63, 3.8) is 0 Å². The second-order valence-electron chi connectivity index (χ2n) is 25.9. The third-order valence-electron chi connectivity index (χ3n) is 17.4. The minimum atomic E-state index is -0.192. The summed E-state index contributed by atoms with van der Waals surface area (Å²) in [4.78, 5) is 7.82. The van der Waals surface area contributed by atoms with Gasteiger partial charge in [-0.05, 0) is 167 Å². The molecule has 2 heterocycles. The van der Waals surface area contributed by atoms with E-state index >= 15 is 0 Å². The van der Waals surface area contributed by atoms with Gasteiger partial charge in [-0.2, -0.15) is 0 Å². The Morgan fingerprint density at radius 1 is 0.423 bits per heavy atom. The van der Waals surface area contributed by atoms with Crippen molar-refractivity contribution in [1.29, 1.82) is 0 Å². The minimum Gasteiger partial charge on any atom is -0.376 e. The lowest BCUT2D eigenvalue weighted by atomic mass is 9.43. The number of benzene rings is 10. The highest BCUT2D eigenvalue weighted by atomic mass is 15.2. The zero-order valence-electron chi connectivity index (χ0n) is 47.5. The summed E-state index contributed by atoms with van der Waals surface area (Å²) in [7, 11) is 0. The van der Waals surface area contributed by atoms with Crippen LogP contribution in [-0.2, 0) is 21.7 Å². The van der Waals surface area contributed by atoms with Gasteiger partial charge >= 0.3 is 6.85 Å². The number of hydrogen-bond acceptors (Lipinski definition) is 3. The lowest BCUT2D eigenvalue weighted by molar-refractivity contribution is 0.589. The Bertz CT molecular complexity index is 3960. The first-order valence-corrected chi connectivity index (χ1v) is 28.1. The summed E-state index contributed by atoms with van der Waals surface area (Å²) in [5.74, 6) is 0. The average molecular weight is 1010 g/mol. The molecule has 0 N–H and O–H groups in total. The third-order valence-corrected chi connectivity index (χ3v) is 17.4. The van der Waals surface area contributed by atoms with Gasteiger partial charge in [-0.3, -0.25) is 0 Å². The van der Waals surface area contributed by atoms with Crippen molar-refractivity contribution in [2.75, 3.05) is 14.6 Å². The topological polar surface area (TPSA) is 9.72 Å². The second kappa shape index (κ2) is 17.7.